The Morgan fingerprint density at radius 1 is 1.33 bits per heavy atom. The first kappa shape index (κ1) is 19.5. The molecule has 146 valence electrons. The van der Waals surface area contributed by atoms with E-state index in [1.54, 1.807) is 10.9 Å². The Bertz CT molecular complexity index is 925. The van der Waals surface area contributed by atoms with Crippen molar-refractivity contribution in [1.82, 2.24) is 19.4 Å². The van der Waals surface area contributed by atoms with Crippen molar-refractivity contribution in [3.8, 4) is 0 Å². The van der Waals surface area contributed by atoms with E-state index in [0.29, 0.717) is 25.9 Å². The predicted octanol–water partition coefficient (Wildman–Crippen LogP) is 1.58. The lowest BCUT2D eigenvalue weighted by Crippen LogP contribution is -2.45. The third-order valence-electron chi connectivity index (χ3n) is 5.00. The van der Waals surface area contributed by atoms with Gasteiger partial charge in [0.25, 0.3) is 0 Å². The molecular formula is C18H23FN4O3S. The highest BCUT2D eigenvalue weighted by Gasteiger charge is 2.33. The molecular weight excluding hydrogens is 371 g/mol. The van der Waals surface area contributed by atoms with E-state index in [-0.39, 0.29) is 17.3 Å². The number of hydrogen-bond donors (Lipinski definition) is 1. The maximum atomic E-state index is 13.1. The molecule has 0 aliphatic carbocycles. The maximum Gasteiger partial charge on any atom is 0.243 e. The smallest absolute Gasteiger partial charge is 0.243 e. The first-order chi connectivity index (χ1) is 12.8. The lowest BCUT2D eigenvalue weighted by Gasteiger charge is -2.31. The molecule has 0 bridgehead atoms. The van der Waals surface area contributed by atoms with Crippen LogP contribution in [0.2, 0.25) is 0 Å². The molecule has 0 unspecified atom stereocenters. The van der Waals surface area contributed by atoms with Crippen LogP contribution in [0.4, 0.5) is 4.39 Å². The van der Waals surface area contributed by atoms with Gasteiger partial charge in [0.05, 0.1) is 17.0 Å². The molecule has 3 rings (SSSR count). The average Bonchev–Trinajstić information content (AvgIpc) is 2.98. The zero-order chi connectivity index (χ0) is 19.6. The number of carbonyl (C=O) groups excluding carboxylic acids is 1. The number of piperidine rings is 1. The number of aryl methyl sites for hydroxylation is 1. The Morgan fingerprint density at radius 3 is 2.67 bits per heavy atom. The number of carbonyl (C=O) groups is 1. The number of nitrogens with one attached hydrogen (secondary N) is 1. The monoisotopic (exact) mass is 394 g/mol. The fourth-order valence-electron chi connectivity index (χ4n) is 3.17. The second-order valence-corrected chi connectivity index (χ2v) is 8.69. The second-order valence-electron chi connectivity index (χ2n) is 6.75. The molecule has 0 radical (unpaired) electrons. The highest BCUT2D eigenvalue weighted by molar-refractivity contribution is 7.89. The first-order valence-corrected chi connectivity index (χ1v) is 10.2. The molecule has 1 fully saturated rings. The van der Waals surface area contributed by atoms with Crippen LogP contribution in [-0.4, -0.2) is 41.5 Å². The lowest BCUT2D eigenvalue weighted by atomic mass is 9.99. The molecule has 1 atom stereocenters. The fourth-order valence-corrected chi connectivity index (χ4v) is 4.70. The minimum absolute atomic E-state index is 0.0379. The van der Waals surface area contributed by atoms with Gasteiger partial charge in [0.2, 0.25) is 15.9 Å². The third-order valence-corrected chi connectivity index (χ3v) is 6.88. The van der Waals surface area contributed by atoms with Crippen LogP contribution >= 0.6 is 0 Å². The molecule has 1 N–H and O–H groups in total. The number of rotatable bonds is 5. The number of amides is 1. The SMILES string of the molecule is Cc1c(CNC(=O)[C@H]2CCCN(S(=O)(=O)c3ccc(F)cc3)C2)cnn1C. The van der Waals surface area contributed by atoms with Crippen molar-refractivity contribution >= 4 is 15.9 Å². The normalized spacial score (nSPS) is 18.4. The molecule has 1 aromatic carbocycles. The fraction of sp³-hybridized carbons (Fsp3) is 0.444. The van der Waals surface area contributed by atoms with E-state index in [0.717, 1.165) is 23.4 Å². The highest BCUT2D eigenvalue weighted by Crippen LogP contribution is 2.24. The van der Waals surface area contributed by atoms with Gasteiger partial charge < -0.3 is 5.32 Å². The zero-order valence-corrected chi connectivity index (χ0v) is 16.2. The Balaban J connectivity index is 1.65. The molecule has 1 aliphatic rings. The van der Waals surface area contributed by atoms with E-state index in [4.69, 9.17) is 0 Å². The average molecular weight is 394 g/mol. The van der Waals surface area contributed by atoms with Gasteiger partial charge in [-0.1, -0.05) is 0 Å². The summed E-state index contributed by atoms with van der Waals surface area (Å²) in [6.45, 7) is 2.76. The molecule has 2 aromatic rings. The van der Waals surface area contributed by atoms with Crippen molar-refractivity contribution in [2.45, 2.75) is 31.2 Å². The molecule has 27 heavy (non-hydrogen) atoms. The summed E-state index contributed by atoms with van der Waals surface area (Å²) >= 11 is 0. The molecule has 1 aromatic heterocycles. The van der Waals surface area contributed by atoms with Crippen LogP contribution in [0.5, 0.6) is 0 Å². The van der Waals surface area contributed by atoms with Gasteiger partial charge >= 0.3 is 0 Å². The van der Waals surface area contributed by atoms with Crippen LogP contribution < -0.4 is 5.32 Å². The number of halogens is 1. The van der Waals surface area contributed by atoms with Gasteiger partial charge in [0, 0.05) is 37.9 Å². The Morgan fingerprint density at radius 2 is 2.04 bits per heavy atom. The minimum Gasteiger partial charge on any atom is -0.352 e. The van der Waals surface area contributed by atoms with E-state index >= 15 is 0 Å². The van der Waals surface area contributed by atoms with Gasteiger partial charge in [0.1, 0.15) is 5.82 Å². The van der Waals surface area contributed by atoms with E-state index < -0.39 is 21.8 Å². The van der Waals surface area contributed by atoms with Crippen LogP contribution in [0.1, 0.15) is 24.1 Å². The van der Waals surface area contributed by atoms with Crippen molar-refractivity contribution in [3.63, 3.8) is 0 Å². The van der Waals surface area contributed by atoms with Gasteiger partial charge in [-0.2, -0.15) is 9.40 Å². The number of nitrogens with zero attached hydrogens (tertiary/aromatic N) is 3. The Hall–Kier alpha value is -2.26. The van der Waals surface area contributed by atoms with Crippen LogP contribution in [0.25, 0.3) is 0 Å². The molecule has 1 amide bonds. The minimum atomic E-state index is -3.74. The van der Waals surface area contributed by atoms with Crippen LogP contribution in [0, 0.1) is 18.7 Å². The van der Waals surface area contributed by atoms with E-state index in [1.165, 1.54) is 16.4 Å². The Labute approximate surface area is 158 Å². The summed E-state index contributed by atoms with van der Waals surface area (Å²) in [4.78, 5) is 12.6. The van der Waals surface area contributed by atoms with Crippen molar-refractivity contribution < 1.29 is 17.6 Å². The second kappa shape index (κ2) is 7.77. The van der Waals surface area contributed by atoms with Gasteiger partial charge in [-0.05, 0) is 44.0 Å². The molecule has 1 saturated heterocycles. The van der Waals surface area contributed by atoms with Crippen molar-refractivity contribution in [2.75, 3.05) is 13.1 Å². The van der Waals surface area contributed by atoms with E-state index in [1.807, 2.05) is 14.0 Å². The summed E-state index contributed by atoms with van der Waals surface area (Å²) in [5.74, 6) is -1.07. The highest BCUT2D eigenvalue weighted by atomic mass is 32.2. The molecule has 0 saturated carbocycles. The lowest BCUT2D eigenvalue weighted by molar-refractivity contribution is -0.126. The molecule has 2 heterocycles. The summed E-state index contributed by atoms with van der Waals surface area (Å²) in [7, 11) is -1.91. The van der Waals surface area contributed by atoms with Crippen LogP contribution in [0.3, 0.4) is 0 Å². The molecule has 7 nitrogen and oxygen atoms in total. The van der Waals surface area contributed by atoms with Gasteiger partial charge in [-0.15, -0.1) is 0 Å². The zero-order valence-electron chi connectivity index (χ0n) is 15.4. The Kier molecular flexibility index (Phi) is 5.61. The summed E-state index contributed by atoms with van der Waals surface area (Å²) in [5, 5.41) is 7.02. The molecule has 0 spiro atoms. The number of benzene rings is 1. The number of aromatic nitrogens is 2. The molecule has 9 heteroatoms. The van der Waals surface area contributed by atoms with Gasteiger partial charge in [0.15, 0.2) is 0 Å². The summed E-state index contributed by atoms with van der Waals surface area (Å²) < 4.78 is 41.6. The number of sulfonamides is 1. The standard InChI is InChI=1S/C18H23FN4O3S/c1-13-15(11-21-22(13)2)10-20-18(24)14-4-3-9-23(12-14)27(25,26)17-7-5-16(19)6-8-17/h5-8,11,14H,3-4,9-10,12H2,1-2H3,(H,20,24)/t14-/m0/s1. The van der Waals surface area contributed by atoms with Gasteiger partial charge in [-0.25, -0.2) is 12.8 Å². The topological polar surface area (TPSA) is 84.3 Å². The van der Waals surface area contributed by atoms with Crippen LogP contribution in [-0.2, 0) is 28.4 Å². The van der Waals surface area contributed by atoms with E-state index in [9.17, 15) is 17.6 Å². The van der Waals surface area contributed by atoms with Crippen molar-refractivity contribution in [2.24, 2.45) is 13.0 Å². The van der Waals surface area contributed by atoms with Gasteiger partial charge in [-0.3, -0.25) is 9.48 Å². The van der Waals surface area contributed by atoms with Crippen molar-refractivity contribution in [1.29, 1.82) is 0 Å². The predicted molar refractivity (Wildman–Crippen MR) is 97.7 cm³/mol. The van der Waals surface area contributed by atoms with Crippen molar-refractivity contribution in [3.05, 3.63) is 47.5 Å². The summed E-state index contributed by atoms with van der Waals surface area (Å²) in [6.07, 6.45) is 2.94. The largest absolute Gasteiger partial charge is 0.352 e. The third kappa shape index (κ3) is 4.19. The summed E-state index contributed by atoms with van der Waals surface area (Å²) in [6, 6.07) is 4.74. The summed E-state index contributed by atoms with van der Waals surface area (Å²) in [5.41, 5.74) is 1.90. The molecule has 1 aliphatic heterocycles. The first-order valence-electron chi connectivity index (χ1n) is 8.80. The number of hydrogen-bond acceptors (Lipinski definition) is 4. The quantitative estimate of drug-likeness (QED) is 0.835. The maximum absolute atomic E-state index is 13.1. The van der Waals surface area contributed by atoms with E-state index in [2.05, 4.69) is 10.4 Å². The van der Waals surface area contributed by atoms with Crippen LogP contribution in [0.15, 0.2) is 35.4 Å².